The van der Waals surface area contributed by atoms with Gasteiger partial charge in [-0.2, -0.15) is 0 Å². The van der Waals surface area contributed by atoms with Crippen LogP contribution in [0.3, 0.4) is 0 Å². The molecule has 0 unspecified atom stereocenters. The summed E-state index contributed by atoms with van der Waals surface area (Å²) in [5.41, 5.74) is 5.22. The molecule has 16 heavy (non-hydrogen) atoms. The zero-order valence-electron chi connectivity index (χ0n) is 9.06. The van der Waals surface area contributed by atoms with Crippen LogP contribution in [0.1, 0.15) is 0 Å². The lowest BCUT2D eigenvalue weighted by molar-refractivity contribution is 0.106. The van der Waals surface area contributed by atoms with Crippen molar-refractivity contribution in [1.29, 1.82) is 0 Å². The molecule has 0 aliphatic heterocycles. The van der Waals surface area contributed by atoms with Crippen LogP contribution in [0.2, 0.25) is 0 Å². The molecular weight excluding hydrogens is 202 g/mol. The van der Waals surface area contributed by atoms with Crippen LogP contribution in [0.25, 0.3) is 10.8 Å². The second kappa shape index (κ2) is 5.49. The Morgan fingerprint density at radius 2 is 1.75 bits per heavy atom. The van der Waals surface area contributed by atoms with Gasteiger partial charge in [-0.25, -0.2) is 0 Å². The first-order valence-corrected chi connectivity index (χ1v) is 5.30. The molecule has 0 saturated carbocycles. The molecular formula is C13H15NO2. The van der Waals surface area contributed by atoms with Gasteiger partial charge in [0.2, 0.25) is 0 Å². The number of benzene rings is 2. The Kier molecular flexibility index (Phi) is 3.75. The van der Waals surface area contributed by atoms with Crippen LogP contribution >= 0.6 is 0 Å². The summed E-state index contributed by atoms with van der Waals surface area (Å²) in [6, 6.07) is 14.2. The van der Waals surface area contributed by atoms with Gasteiger partial charge in [-0.3, -0.25) is 0 Å². The van der Waals surface area contributed by atoms with Crippen molar-refractivity contribution in [1.82, 2.24) is 0 Å². The first-order valence-electron chi connectivity index (χ1n) is 5.30. The Morgan fingerprint density at radius 1 is 0.938 bits per heavy atom. The van der Waals surface area contributed by atoms with E-state index in [1.54, 1.807) is 0 Å². The molecule has 84 valence electrons. The van der Waals surface area contributed by atoms with Crippen molar-refractivity contribution in [2.75, 3.05) is 19.9 Å². The zero-order valence-corrected chi connectivity index (χ0v) is 9.06. The van der Waals surface area contributed by atoms with Gasteiger partial charge in [-0.1, -0.05) is 36.4 Å². The van der Waals surface area contributed by atoms with Crippen LogP contribution in [-0.4, -0.2) is 19.9 Å². The number of fused-ring (bicyclic) bond motifs is 1. The summed E-state index contributed by atoms with van der Waals surface area (Å²) in [5.74, 6) is 0.888. The van der Waals surface area contributed by atoms with Gasteiger partial charge in [0.05, 0.1) is 13.3 Å². The van der Waals surface area contributed by atoms with Crippen molar-refractivity contribution in [2.45, 2.75) is 0 Å². The molecule has 0 atom stereocenters. The van der Waals surface area contributed by atoms with E-state index in [0.29, 0.717) is 13.2 Å². The van der Waals surface area contributed by atoms with Crippen molar-refractivity contribution < 1.29 is 9.47 Å². The Bertz CT molecular complexity index is 451. The van der Waals surface area contributed by atoms with Crippen molar-refractivity contribution in [2.24, 2.45) is 5.73 Å². The van der Waals surface area contributed by atoms with Gasteiger partial charge in [-0.05, 0) is 11.5 Å². The first-order chi connectivity index (χ1) is 7.92. The first kappa shape index (κ1) is 10.9. The summed E-state index contributed by atoms with van der Waals surface area (Å²) >= 11 is 0. The van der Waals surface area contributed by atoms with Crippen molar-refractivity contribution in [3.8, 4) is 5.75 Å². The molecule has 0 heterocycles. The minimum absolute atomic E-state index is 0.235. The lowest BCUT2D eigenvalue weighted by Gasteiger charge is -2.08. The van der Waals surface area contributed by atoms with E-state index >= 15 is 0 Å². The molecule has 0 aliphatic rings. The second-order valence-corrected chi connectivity index (χ2v) is 3.40. The third kappa shape index (κ3) is 2.51. The van der Waals surface area contributed by atoms with Crippen molar-refractivity contribution in [3.05, 3.63) is 42.5 Å². The quantitative estimate of drug-likeness (QED) is 0.616. The van der Waals surface area contributed by atoms with Crippen LogP contribution in [0.15, 0.2) is 42.5 Å². The average molecular weight is 217 g/mol. The molecule has 0 saturated heterocycles. The highest BCUT2D eigenvalue weighted by molar-refractivity contribution is 5.88. The molecule has 3 heteroatoms. The maximum absolute atomic E-state index is 5.64. The number of ether oxygens (including phenoxy) is 2. The van der Waals surface area contributed by atoms with Gasteiger partial charge in [0.15, 0.2) is 0 Å². The molecule has 2 aromatic rings. The number of hydrogen-bond acceptors (Lipinski definition) is 3. The van der Waals surface area contributed by atoms with E-state index < -0.39 is 0 Å². The molecule has 0 amide bonds. The molecule has 2 aromatic carbocycles. The molecule has 0 bridgehead atoms. The van der Waals surface area contributed by atoms with Gasteiger partial charge < -0.3 is 15.2 Å². The number of nitrogens with two attached hydrogens (primary N) is 1. The normalized spacial score (nSPS) is 10.6. The minimum Gasteiger partial charge on any atom is -0.491 e. The molecule has 0 aromatic heterocycles. The van der Waals surface area contributed by atoms with Gasteiger partial charge in [0.1, 0.15) is 12.4 Å². The van der Waals surface area contributed by atoms with E-state index in [1.807, 2.05) is 24.3 Å². The lowest BCUT2D eigenvalue weighted by atomic mass is 10.1. The molecule has 3 nitrogen and oxygen atoms in total. The molecule has 0 spiro atoms. The Hall–Kier alpha value is -1.58. The van der Waals surface area contributed by atoms with Gasteiger partial charge in [0, 0.05) is 5.39 Å². The fourth-order valence-electron chi connectivity index (χ4n) is 1.62. The van der Waals surface area contributed by atoms with Crippen molar-refractivity contribution >= 4 is 10.8 Å². The van der Waals surface area contributed by atoms with Gasteiger partial charge in [-0.15, -0.1) is 0 Å². The predicted octanol–water partition coefficient (Wildman–Crippen LogP) is 2.15. The Balaban J connectivity index is 2.11. The maximum Gasteiger partial charge on any atom is 0.127 e. The zero-order chi connectivity index (χ0) is 11.2. The fraction of sp³-hybridized carbons (Fsp3) is 0.231. The Labute approximate surface area is 94.8 Å². The standard InChI is InChI=1S/C13H15NO2/c14-10-15-8-9-16-13-7-3-5-11-4-1-2-6-12(11)13/h1-7H,8-10,14H2. The Morgan fingerprint density at radius 3 is 2.62 bits per heavy atom. The average Bonchev–Trinajstić information content (AvgIpc) is 2.35. The highest BCUT2D eigenvalue weighted by atomic mass is 16.5. The van der Waals surface area contributed by atoms with E-state index in [2.05, 4.69) is 18.2 Å². The van der Waals surface area contributed by atoms with E-state index in [0.717, 1.165) is 11.1 Å². The van der Waals surface area contributed by atoms with E-state index in [-0.39, 0.29) is 6.73 Å². The predicted molar refractivity (Wildman–Crippen MR) is 64.4 cm³/mol. The fourth-order valence-corrected chi connectivity index (χ4v) is 1.62. The van der Waals surface area contributed by atoms with Crippen LogP contribution in [0, 0.1) is 0 Å². The van der Waals surface area contributed by atoms with Crippen LogP contribution in [-0.2, 0) is 4.74 Å². The SMILES string of the molecule is NCOCCOc1cccc2ccccc12. The monoisotopic (exact) mass is 217 g/mol. The summed E-state index contributed by atoms with van der Waals surface area (Å²) in [4.78, 5) is 0. The molecule has 0 aliphatic carbocycles. The van der Waals surface area contributed by atoms with Crippen LogP contribution in [0.5, 0.6) is 5.75 Å². The third-order valence-electron chi connectivity index (χ3n) is 2.35. The molecule has 0 radical (unpaired) electrons. The maximum atomic E-state index is 5.64. The summed E-state index contributed by atoms with van der Waals surface area (Å²) in [6.07, 6.45) is 0. The summed E-state index contributed by atoms with van der Waals surface area (Å²) in [6.45, 7) is 1.27. The van der Waals surface area contributed by atoms with E-state index in [9.17, 15) is 0 Å². The lowest BCUT2D eigenvalue weighted by Crippen LogP contribution is -2.11. The smallest absolute Gasteiger partial charge is 0.127 e. The largest absolute Gasteiger partial charge is 0.491 e. The van der Waals surface area contributed by atoms with E-state index in [1.165, 1.54) is 5.39 Å². The second-order valence-electron chi connectivity index (χ2n) is 3.40. The molecule has 0 fully saturated rings. The summed E-state index contributed by atoms with van der Waals surface area (Å²) < 4.78 is 10.7. The molecule has 2 N–H and O–H groups in total. The van der Waals surface area contributed by atoms with Crippen LogP contribution < -0.4 is 10.5 Å². The summed E-state index contributed by atoms with van der Waals surface area (Å²) in [7, 11) is 0. The topological polar surface area (TPSA) is 44.5 Å². The highest BCUT2D eigenvalue weighted by Crippen LogP contribution is 2.24. The van der Waals surface area contributed by atoms with Crippen LogP contribution in [0.4, 0.5) is 0 Å². The van der Waals surface area contributed by atoms with Gasteiger partial charge >= 0.3 is 0 Å². The van der Waals surface area contributed by atoms with Crippen molar-refractivity contribution in [3.63, 3.8) is 0 Å². The highest BCUT2D eigenvalue weighted by Gasteiger charge is 2.00. The number of hydrogen-bond donors (Lipinski definition) is 1. The molecule has 2 rings (SSSR count). The van der Waals surface area contributed by atoms with E-state index in [4.69, 9.17) is 15.2 Å². The minimum atomic E-state index is 0.235. The number of rotatable bonds is 5. The summed E-state index contributed by atoms with van der Waals surface area (Å²) in [5, 5.41) is 2.30. The van der Waals surface area contributed by atoms with Gasteiger partial charge in [0.25, 0.3) is 0 Å². The third-order valence-corrected chi connectivity index (χ3v) is 2.35.